The van der Waals surface area contributed by atoms with Crippen LogP contribution in [-0.4, -0.2) is 11.8 Å². The van der Waals surface area contributed by atoms with E-state index in [1.165, 1.54) is 6.07 Å². The molecule has 102 valence electrons. The van der Waals surface area contributed by atoms with Crippen LogP contribution < -0.4 is 0 Å². The highest BCUT2D eigenvalue weighted by Gasteiger charge is 2.55. The zero-order valence-corrected chi connectivity index (χ0v) is 11.4. The van der Waals surface area contributed by atoms with Gasteiger partial charge in [-0.3, -0.25) is 0 Å². The van der Waals surface area contributed by atoms with Crippen molar-refractivity contribution in [3.05, 3.63) is 35.4 Å². The van der Waals surface area contributed by atoms with Gasteiger partial charge in [-0.15, -0.1) is 0 Å². The summed E-state index contributed by atoms with van der Waals surface area (Å²) in [5, 5.41) is 0. The van der Waals surface area contributed by atoms with Crippen LogP contribution in [0.2, 0.25) is 0 Å². The summed E-state index contributed by atoms with van der Waals surface area (Å²) >= 11 is 0. The minimum atomic E-state index is -4.47. The number of ether oxygens (including phenoxy) is 1. The van der Waals surface area contributed by atoms with Crippen molar-refractivity contribution < 1.29 is 17.9 Å². The molecule has 0 radical (unpaired) electrons. The Balaban J connectivity index is 3.35. The van der Waals surface area contributed by atoms with Gasteiger partial charge >= 0.3 is 6.18 Å². The molecule has 1 aromatic rings. The molecule has 1 aromatic carbocycles. The van der Waals surface area contributed by atoms with Crippen molar-refractivity contribution in [1.29, 1.82) is 0 Å². The first-order chi connectivity index (χ1) is 7.97. The minimum absolute atomic E-state index is 0.160. The lowest BCUT2D eigenvalue weighted by molar-refractivity contribution is -0.303. The van der Waals surface area contributed by atoms with Crippen LogP contribution in [0.4, 0.5) is 13.2 Å². The van der Waals surface area contributed by atoms with E-state index in [1.807, 2.05) is 0 Å². The molecule has 1 nitrogen and oxygen atoms in total. The fourth-order valence-corrected chi connectivity index (χ4v) is 1.99. The van der Waals surface area contributed by atoms with Crippen LogP contribution in [0.25, 0.3) is 0 Å². The van der Waals surface area contributed by atoms with Crippen molar-refractivity contribution in [2.45, 2.75) is 52.0 Å². The first kappa shape index (κ1) is 15.0. The van der Waals surface area contributed by atoms with Gasteiger partial charge in [0.15, 0.2) is 5.60 Å². The first-order valence-corrected chi connectivity index (χ1v) is 5.80. The van der Waals surface area contributed by atoms with Crippen molar-refractivity contribution >= 4 is 0 Å². The highest BCUT2D eigenvalue weighted by Crippen LogP contribution is 2.45. The Morgan fingerprint density at radius 2 is 1.44 bits per heavy atom. The summed E-state index contributed by atoms with van der Waals surface area (Å²) in [5.74, 6) is 0. The summed E-state index contributed by atoms with van der Waals surface area (Å²) in [6.45, 7) is 7.60. The van der Waals surface area contributed by atoms with Crippen LogP contribution in [0.5, 0.6) is 0 Å². The molecule has 0 bridgehead atoms. The number of alkyl halides is 3. The van der Waals surface area contributed by atoms with Crippen LogP contribution in [0.1, 0.15) is 38.8 Å². The number of benzene rings is 1. The molecule has 0 N–H and O–H groups in total. The third kappa shape index (κ3) is 3.05. The van der Waals surface area contributed by atoms with Crippen molar-refractivity contribution in [3.8, 4) is 0 Å². The van der Waals surface area contributed by atoms with Gasteiger partial charge in [0.1, 0.15) is 0 Å². The summed E-state index contributed by atoms with van der Waals surface area (Å²) in [4.78, 5) is 0. The Morgan fingerprint density at radius 1 is 0.944 bits per heavy atom. The Kier molecular flexibility index (Phi) is 3.82. The monoisotopic (exact) mass is 260 g/mol. The third-order valence-corrected chi connectivity index (χ3v) is 2.71. The van der Waals surface area contributed by atoms with Gasteiger partial charge in [-0.25, -0.2) is 0 Å². The predicted octanol–water partition coefficient (Wildman–Crippen LogP) is 4.59. The SMILES string of the molecule is Cc1ccccc1C(C)(OC(C)(C)C)C(F)(F)F. The van der Waals surface area contributed by atoms with Gasteiger partial charge in [-0.05, 0) is 45.7 Å². The molecule has 1 rings (SSSR count). The number of hydrogen-bond acceptors (Lipinski definition) is 1. The fraction of sp³-hybridized carbons (Fsp3) is 0.571. The van der Waals surface area contributed by atoms with E-state index in [1.54, 1.807) is 45.9 Å². The summed E-state index contributed by atoms with van der Waals surface area (Å²) in [5.41, 5.74) is -2.45. The van der Waals surface area contributed by atoms with Crippen molar-refractivity contribution in [2.24, 2.45) is 0 Å². The standard InChI is InChI=1S/C14H19F3O/c1-10-8-6-7-9-11(10)13(5,14(15,16)17)18-12(2,3)4/h6-9H,1-5H3. The zero-order valence-electron chi connectivity index (χ0n) is 11.4. The third-order valence-electron chi connectivity index (χ3n) is 2.71. The molecule has 1 unspecified atom stereocenters. The van der Waals surface area contributed by atoms with E-state index >= 15 is 0 Å². The number of rotatable bonds is 2. The molecular formula is C14H19F3O. The highest BCUT2D eigenvalue weighted by molar-refractivity contribution is 5.32. The summed E-state index contributed by atoms with van der Waals surface area (Å²) in [6, 6.07) is 6.44. The summed E-state index contributed by atoms with van der Waals surface area (Å²) < 4.78 is 45.5. The van der Waals surface area contributed by atoms with Crippen LogP contribution in [0.3, 0.4) is 0 Å². The van der Waals surface area contributed by atoms with Gasteiger partial charge in [0.25, 0.3) is 0 Å². The lowest BCUT2D eigenvalue weighted by atomic mass is 9.90. The first-order valence-electron chi connectivity index (χ1n) is 5.80. The van der Waals surface area contributed by atoms with E-state index in [2.05, 4.69) is 0 Å². The number of hydrogen-bond donors (Lipinski definition) is 0. The molecule has 4 heteroatoms. The minimum Gasteiger partial charge on any atom is -0.355 e. The molecule has 1 atom stereocenters. The molecule has 18 heavy (non-hydrogen) atoms. The van der Waals surface area contributed by atoms with Crippen LogP contribution in [0.15, 0.2) is 24.3 Å². The number of aryl methyl sites for hydroxylation is 1. The smallest absolute Gasteiger partial charge is 0.355 e. The zero-order chi connectivity index (χ0) is 14.2. The van der Waals surface area contributed by atoms with E-state index in [4.69, 9.17) is 4.74 Å². The molecule has 0 fully saturated rings. The molecule has 0 saturated heterocycles. The molecule has 0 amide bonds. The Hall–Kier alpha value is -1.03. The Bertz CT molecular complexity index is 418. The van der Waals surface area contributed by atoms with E-state index in [9.17, 15) is 13.2 Å². The summed E-state index contributed by atoms with van der Waals surface area (Å²) in [7, 11) is 0. The van der Waals surface area contributed by atoms with Gasteiger partial charge in [0, 0.05) is 0 Å². The van der Waals surface area contributed by atoms with E-state index in [0.717, 1.165) is 6.92 Å². The fourth-order valence-electron chi connectivity index (χ4n) is 1.99. The molecule has 0 heterocycles. The Labute approximate surface area is 106 Å². The largest absolute Gasteiger partial charge is 0.421 e. The van der Waals surface area contributed by atoms with Gasteiger partial charge in [0.05, 0.1) is 5.60 Å². The molecule has 0 aliphatic carbocycles. The topological polar surface area (TPSA) is 9.23 Å². The lowest BCUT2D eigenvalue weighted by Gasteiger charge is -2.39. The molecule has 0 aromatic heterocycles. The maximum absolute atomic E-state index is 13.4. The van der Waals surface area contributed by atoms with Crippen LogP contribution in [-0.2, 0) is 10.3 Å². The maximum atomic E-state index is 13.4. The second-order valence-corrected chi connectivity index (χ2v) is 5.56. The van der Waals surface area contributed by atoms with Crippen LogP contribution in [0, 0.1) is 6.92 Å². The van der Waals surface area contributed by atoms with Gasteiger partial charge in [-0.1, -0.05) is 24.3 Å². The van der Waals surface area contributed by atoms with Crippen LogP contribution >= 0.6 is 0 Å². The van der Waals surface area contributed by atoms with E-state index in [-0.39, 0.29) is 5.56 Å². The Morgan fingerprint density at radius 3 is 1.83 bits per heavy atom. The molecule has 0 aliphatic heterocycles. The predicted molar refractivity (Wildman–Crippen MR) is 65.4 cm³/mol. The average Bonchev–Trinajstić information content (AvgIpc) is 2.13. The van der Waals surface area contributed by atoms with Crippen molar-refractivity contribution in [2.75, 3.05) is 0 Å². The van der Waals surface area contributed by atoms with Gasteiger partial charge in [-0.2, -0.15) is 13.2 Å². The number of halogens is 3. The summed E-state index contributed by atoms with van der Waals surface area (Å²) in [6.07, 6.45) is -4.47. The normalized spacial score (nSPS) is 16.4. The molecular weight excluding hydrogens is 241 g/mol. The molecule has 0 spiro atoms. The maximum Gasteiger partial charge on any atom is 0.421 e. The van der Waals surface area contributed by atoms with E-state index < -0.39 is 17.4 Å². The van der Waals surface area contributed by atoms with Gasteiger partial charge < -0.3 is 4.74 Å². The van der Waals surface area contributed by atoms with Crippen molar-refractivity contribution in [3.63, 3.8) is 0 Å². The molecule has 0 aliphatic rings. The quantitative estimate of drug-likeness (QED) is 0.755. The second kappa shape index (κ2) is 4.57. The van der Waals surface area contributed by atoms with E-state index in [0.29, 0.717) is 5.56 Å². The lowest BCUT2D eigenvalue weighted by Crippen LogP contribution is -2.47. The highest BCUT2D eigenvalue weighted by atomic mass is 19.4. The van der Waals surface area contributed by atoms with Gasteiger partial charge in [0.2, 0.25) is 0 Å². The second-order valence-electron chi connectivity index (χ2n) is 5.56. The average molecular weight is 260 g/mol. The van der Waals surface area contributed by atoms with Crippen molar-refractivity contribution in [1.82, 2.24) is 0 Å². The molecule has 0 saturated carbocycles.